The summed E-state index contributed by atoms with van der Waals surface area (Å²) in [5, 5.41) is 7.77. The first-order chi connectivity index (χ1) is 10.3. The lowest BCUT2D eigenvalue weighted by Crippen LogP contribution is -2.29. The van der Waals surface area contributed by atoms with E-state index in [1.807, 2.05) is 35.1 Å². The zero-order valence-corrected chi connectivity index (χ0v) is 12.3. The smallest absolute Gasteiger partial charge is 0.165 e. The second kappa shape index (κ2) is 6.63. The van der Waals surface area contributed by atoms with Crippen LogP contribution in [0.5, 0.6) is 17.2 Å². The van der Waals surface area contributed by atoms with Crippen LogP contribution in [0.1, 0.15) is 12.8 Å². The van der Waals surface area contributed by atoms with Crippen molar-refractivity contribution in [2.24, 2.45) is 5.92 Å². The molecular weight excluding hydrogens is 266 g/mol. The van der Waals surface area contributed by atoms with Crippen LogP contribution in [0.15, 0.2) is 36.7 Å². The average molecular weight is 287 g/mol. The van der Waals surface area contributed by atoms with Crippen LogP contribution in [0.25, 0.3) is 0 Å². The molecule has 0 bridgehead atoms. The molecule has 1 fully saturated rings. The standard InChI is InChI=1S/C16H21N3O2/c1-20-14-3-2-4-15(9-14)21-16-10-18-19(12-16)11-13-5-7-17-8-6-13/h2-4,9-10,12-13,17H,5-8,11H2,1H3. The molecule has 5 heteroatoms. The number of nitrogens with zero attached hydrogens (tertiary/aromatic N) is 2. The Balaban J connectivity index is 1.61. The minimum Gasteiger partial charge on any atom is -0.497 e. The Morgan fingerprint density at radius 3 is 2.86 bits per heavy atom. The molecule has 1 N–H and O–H groups in total. The van der Waals surface area contributed by atoms with Gasteiger partial charge in [-0.05, 0) is 44.0 Å². The SMILES string of the molecule is COc1cccc(Oc2cnn(CC3CCNCC3)c2)c1. The summed E-state index contributed by atoms with van der Waals surface area (Å²) < 4.78 is 13.0. The van der Waals surface area contributed by atoms with Gasteiger partial charge in [0.2, 0.25) is 0 Å². The number of aromatic nitrogens is 2. The summed E-state index contributed by atoms with van der Waals surface area (Å²) in [5.41, 5.74) is 0. The highest BCUT2D eigenvalue weighted by Gasteiger charge is 2.14. The number of rotatable bonds is 5. The summed E-state index contributed by atoms with van der Waals surface area (Å²) >= 11 is 0. The van der Waals surface area contributed by atoms with Crippen molar-refractivity contribution in [3.63, 3.8) is 0 Å². The first-order valence-corrected chi connectivity index (χ1v) is 7.38. The second-order valence-corrected chi connectivity index (χ2v) is 5.37. The number of piperidine rings is 1. The van der Waals surface area contributed by atoms with Crippen LogP contribution < -0.4 is 14.8 Å². The van der Waals surface area contributed by atoms with Gasteiger partial charge in [0.1, 0.15) is 11.5 Å². The van der Waals surface area contributed by atoms with Crippen molar-refractivity contribution in [2.75, 3.05) is 20.2 Å². The van der Waals surface area contributed by atoms with Crippen molar-refractivity contribution in [3.05, 3.63) is 36.7 Å². The Kier molecular flexibility index (Phi) is 4.40. The summed E-state index contributed by atoms with van der Waals surface area (Å²) in [6.45, 7) is 3.18. The maximum Gasteiger partial charge on any atom is 0.165 e. The van der Waals surface area contributed by atoms with Crippen molar-refractivity contribution in [3.8, 4) is 17.2 Å². The molecule has 1 aliphatic rings. The van der Waals surface area contributed by atoms with E-state index in [1.54, 1.807) is 13.3 Å². The minimum atomic E-state index is 0.704. The number of hydrogen-bond donors (Lipinski definition) is 1. The summed E-state index contributed by atoms with van der Waals surface area (Å²) in [7, 11) is 1.65. The van der Waals surface area contributed by atoms with Crippen LogP contribution in [0.4, 0.5) is 0 Å². The molecule has 1 aromatic carbocycles. The van der Waals surface area contributed by atoms with Gasteiger partial charge < -0.3 is 14.8 Å². The molecule has 0 aliphatic carbocycles. The van der Waals surface area contributed by atoms with Gasteiger partial charge in [0.25, 0.3) is 0 Å². The fourth-order valence-electron chi connectivity index (χ4n) is 2.63. The van der Waals surface area contributed by atoms with Gasteiger partial charge in [-0.15, -0.1) is 0 Å². The van der Waals surface area contributed by atoms with Crippen LogP contribution in [0.3, 0.4) is 0 Å². The van der Waals surface area contributed by atoms with E-state index in [-0.39, 0.29) is 0 Å². The topological polar surface area (TPSA) is 48.3 Å². The van der Waals surface area contributed by atoms with Crippen LogP contribution in [-0.4, -0.2) is 30.0 Å². The summed E-state index contributed by atoms with van der Waals surface area (Å²) in [5.74, 6) is 3.01. The normalized spacial score (nSPS) is 15.9. The first kappa shape index (κ1) is 13.9. The number of hydrogen-bond acceptors (Lipinski definition) is 4. The zero-order valence-electron chi connectivity index (χ0n) is 12.3. The lowest BCUT2D eigenvalue weighted by molar-refractivity contribution is 0.321. The summed E-state index contributed by atoms with van der Waals surface area (Å²) in [6, 6.07) is 7.58. The lowest BCUT2D eigenvalue weighted by atomic mass is 9.98. The first-order valence-electron chi connectivity index (χ1n) is 7.38. The van der Waals surface area contributed by atoms with Crippen molar-refractivity contribution in [1.29, 1.82) is 0 Å². The molecule has 0 amide bonds. The van der Waals surface area contributed by atoms with E-state index in [9.17, 15) is 0 Å². The van der Waals surface area contributed by atoms with Crippen LogP contribution >= 0.6 is 0 Å². The fraction of sp³-hybridized carbons (Fsp3) is 0.438. The van der Waals surface area contributed by atoms with Gasteiger partial charge in [-0.1, -0.05) is 6.07 Å². The molecule has 0 unspecified atom stereocenters. The molecule has 5 nitrogen and oxygen atoms in total. The molecule has 3 rings (SSSR count). The molecule has 21 heavy (non-hydrogen) atoms. The second-order valence-electron chi connectivity index (χ2n) is 5.37. The fourth-order valence-corrected chi connectivity index (χ4v) is 2.63. The third kappa shape index (κ3) is 3.76. The van der Waals surface area contributed by atoms with Crippen molar-refractivity contribution >= 4 is 0 Å². The van der Waals surface area contributed by atoms with E-state index in [1.165, 1.54) is 12.8 Å². The third-order valence-corrected chi connectivity index (χ3v) is 3.79. The molecule has 0 spiro atoms. The van der Waals surface area contributed by atoms with Crippen LogP contribution in [0, 0.1) is 5.92 Å². The highest BCUT2D eigenvalue weighted by Crippen LogP contribution is 2.25. The van der Waals surface area contributed by atoms with E-state index in [2.05, 4.69) is 10.4 Å². The van der Waals surface area contributed by atoms with Gasteiger partial charge in [-0.2, -0.15) is 5.10 Å². The molecule has 0 radical (unpaired) electrons. The average Bonchev–Trinajstić information content (AvgIpc) is 2.95. The third-order valence-electron chi connectivity index (χ3n) is 3.79. The highest BCUT2D eigenvalue weighted by atomic mass is 16.5. The van der Waals surface area contributed by atoms with Gasteiger partial charge >= 0.3 is 0 Å². The summed E-state index contributed by atoms with van der Waals surface area (Å²) in [4.78, 5) is 0. The van der Waals surface area contributed by atoms with Gasteiger partial charge in [0.05, 0.1) is 19.5 Å². The Morgan fingerprint density at radius 1 is 1.24 bits per heavy atom. The molecule has 2 heterocycles. The minimum absolute atomic E-state index is 0.704. The number of methoxy groups -OCH3 is 1. The molecule has 2 aromatic rings. The lowest BCUT2D eigenvalue weighted by Gasteiger charge is -2.22. The maximum absolute atomic E-state index is 5.81. The molecule has 1 aromatic heterocycles. The van der Waals surface area contributed by atoms with Crippen molar-refractivity contribution in [1.82, 2.24) is 15.1 Å². The molecule has 112 valence electrons. The highest BCUT2D eigenvalue weighted by molar-refractivity contribution is 5.35. The Labute approximate surface area is 124 Å². The zero-order chi connectivity index (χ0) is 14.5. The quantitative estimate of drug-likeness (QED) is 0.918. The molecule has 1 aliphatic heterocycles. The van der Waals surface area contributed by atoms with Crippen molar-refractivity contribution in [2.45, 2.75) is 19.4 Å². The van der Waals surface area contributed by atoms with Gasteiger partial charge in [-0.25, -0.2) is 0 Å². The predicted octanol–water partition coefficient (Wildman–Crippen LogP) is 2.68. The van der Waals surface area contributed by atoms with E-state index >= 15 is 0 Å². The molecule has 0 saturated carbocycles. The van der Waals surface area contributed by atoms with Crippen molar-refractivity contribution < 1.29 is 9.47 Å². The molecule has 1 saturated heterocycles. The molecular formula is C16H21N3O2. The maximum atomic E-state index is 5.81. The number of benzene rings is 1. The largest absolute Gasteiger partial charge is 0.497 e. The Morgan fingerprint density at radius 2 is 2.05 bits per heavy atom. The number of nitrogens with one attached hydrogen (secondary N) is 1. The van der Waals surface area contributed by atoms with E-state index in [0.29, 0.717) is 5.92 Å². The van der Waals surface area contributed by atoms with Gasteiger partial charge in [-0.3, -0.25) is 4.68 Å². The summed E-state index contributed by atoms with van der Waals surface area (Å²) in [6.07, 6.45) is 6.15. The molecule has 0 atom stereocenters. The van der Waals surface area contributed by atoms with Crippen LogP contribution in [0.2, 0.25) is 0 Å². The van der Waals surface area contributed by atoms with Crippen LogP contribution in [-0.2, 0) is 6.54 Å². The van der Waals surface area contributed by atoms with E-state index in [0.717, 1.165) is 36.9 Å². The Hall–Kier alpha value is -2.01. The monoisotopic (exact) mass is 287 g/mol. The predicted molar refractivity (Wildman–Crippen MR) is 80.9 cm³/mol. The Bertz CT molecular complexity index is 576. The van der Waals surface area contributed by atoms with E-state index in [4.69, 9.17) is 9.47 Å². The van der Waals surface area contributed by atoms with E-state index < -0.39 is 0 Å². The van der Waals surface area contributed by atoms with Gasteiger partial charge in [0.15, 0.2) is 5.75 Å². The van der Waals surface area contributed by atoms with Gasteiger partial charge in [0, 0.05) is 12.6 Å². The number of ether oxygens (including phenoxy) is 2.